The minimum Gasteiger partial charge on any atom is -0.389 e. The second-order valence-electron chi connectivity index (χ2n) is 7.47. The molecular weight excluding hydrogens is 412 g/mol. The third kappa shape index (κ3) is 6.74. The van der Waals surface area contributed by atoms with Gasteiger partial charge in [0, 0.05) is 25.2 Å². The van der Waals surface area contributed by atoms with Crippen molar-refractivity contribution in [2.75, 3.05) is 11.9 Å². The number of ketones is 2. The Morgan fingerprint density at radius 3 is 2.53 bits per heavy atom. The van der Waals surface area contributed by atoms with Crippen LogP contribution in [0.15, 0.2) is 36.8 Å². The predicted octanol–water partition coefficient (Wildman–Crippen LogP) is 2.33. The van der Waals surface area contributed by atoms with E-state index in [2.05, 4.69) is 25.6 Å². The van der Waals surface area contributed by atoms with E-state index in [0.717, 1.165) is 32.1 Å². The van der Waals surface area contributed by atoms with Crippen LogP contribution in [0.25, 0.3) is 11.0 Å². The van der Waals surface area contributed by atoms with Crippen LogP contribution in [0.1, 0.15) is 55.4 Å². The number of hydrogen-bond acceptors (Lipinski definition) is 8. The summed E-state index contributed by atoms with van der Waals surface area (Å²) in [6, 6.07) is 5.34. The Morgan fingerprint density at radius 1 is 0.969 bits per heavy atom. The summed E-state index contributed by atoms with van der Waals surface area (Å²) in [6.07, 6.45) is 9.57. The fraction of sp³-hybridized carbons (Fsp3) is 0.409. The van der Waals surface area contributed by atoms with E-state index in [1.54, 1.807) is 24.5 Å². The Morgan fingerprint density at radius 2 is 1.72 bits per heavy atom. The molecule has 1 aromatic carbocycles. The third-order valence-corrected chi connectivity index (χ3v) is 4.94. The van der Waals surface area contributed by atoms with Gasteiger partial charge in [-0.2, -0.15) is 0 Å². The predicted molar refractivity (Wildman–Crippen MR) is 117 cm³/mol. The van der Waals surface area contributed by atoms with E-state index < -0.39 is 6.61 Å². The van der Waals surface area contributed by atoms with Crippen molar-refractivity contribution in [1.82, 2.24) is 25.0 Å². The van der Waals surface area contributed by atoms with Gasteiger partial charge in [0.2, 0.25) is 5.91 Å². The molecule has 0 saturated heterocycles. The minimum atomic E-state index is -0.394. The van der Waals surface area contributed by atoms with E-state index in [0.29, 0.717) is 29.6 Å². The van der Waals surface area contributed by atoms with Crippen LogP contribution in [-0.2, 0) is 16.1 Å². The molecule has 0 fully saturated rings. The number of anilines is 1. The number of para-hydroxylation sites is 1. The highest BCUT2D eigenvalue weighted by atomic mass is 16.3. The second-order valence-corrected chi connectivity index (χ2v) is 7.47. The van der Waals surface area contributed by atoms with E-state index in [9.17, 15) is 14.4 Å². The minimum absolute atomic E-state index is 0.0799. The molecule has 10 heteroatoms. The molecule has 0 saturated carbocycles. The molecule has 1 amide bonds. The van der Waals surface area contributed by atoms with E-state index in [-0.39, 0.29) is 29.7 Å². The SMILES string of the molecule is O=C(CO)CCCCCCCC(=O)c1cn(CC(=O)Nc2cccc3nccnc23)nn1. The highest BCUT2D eigenvalue weighted by Gasteiger charge is 2.13. The smallest absolute Gasteiger partial charge is 0.246 e. The summed E-state index contributed by atoms with van der Waals surface area (Å²) in [5, 5.41) is 19.2. The van der Waals surface area contributed by atoms with Crippen LogP contribution < -0.4 is 5.32 Å². The molecule has 0 aliphatic rings. The highest BCUT2D eigenvalue weighted by Crippen LogP contribution is 2.18. The molecule has 0 aliphatic heterocycles. The van der Waals surface area contributed by atoms with Gasteiger partial charge in [0.15, 0.2) is 11.6 Å². The lowest BCUT2D eigenvalue weighted by atomic mass is 10.1. The number of aliphatic hydroxyl groups is 1. The zero-order valence-electron chi connectivity index (χ0n) is 17.7. The molecule has 0 atom stereocenters. The quantitative estimate of drug-likeness (QED) is 0.306. The van der Waals surface area contributed by atoms with Gasteiger partial charge in [-0.1, -0.05) is 30.5 Å². The van der Waals surface area contributed by atoms with Crippen LogP contribution in [0.2, 0.25) is 0 Å². The van der Waals surface area contributed by atoms with Crippen molar-refractivity contribution in [1.29, 1.82) is 0 Å². The van der Waals surface area contributed by atoms with Gasteiger partial charge < -0.3 is 10.4 Å². The lowest BCUT2D eigenvalue weighted by molar-refractivity contribution is -0.121. The molecule has 10 nitrogen and oxygen atoms in total. The van der Waals surface area contributed by atoms with Crippen LogP contribution in [0, 0.1) is 0 Å². The van der Waals surface area contributed by atoms with Gasteiger partial charge in [-0.25, -0.2) is 4.68 Å². The number of aliphatic hydroxyl groups excluding tert-OH is 1. The number of fused-ring (bicyclic) bond motifs is 1. The van der Waals surface area contributed by atoms with E-state index in [4.69, 9.17) is 5.11 Å². The molecule has 3 aromatic rings. The normalized spacial score (nSPS) is 10.9. The van der Waals surface area contributed by atoms with Crippen LogP contribution >= 0.6 is 0 Å². The Balaban J connectivity index is 1.41. The topological polar surface area (TPSA) is 140 Å². The molecule has 0 bridgehead atoms. The molecule has 0 spiro atoms. The van der Waals surface area contributed by atoms with E-state index in [1.807, 2.05) is 6.07 Å². The zero-order valence-corrected chi connectivity index (χ0v) is 17.7. The number of unbranched alkanes of at least 4 members (excludes halogenated alkanes) is 4. The van der Waals surface area contributed by atoms with Gasteiger partial charge in [0.1, 0.15) is 24.4 Å². The number of nitrogens with one attached hydrogen (secondary N) is 1. The summed E-state index contributed by atoms with van der Waals surface area (Å²) in [4.78, 5) is 44.2. The number of rotatable bonds is 13. The Kier molecular flexibility index (Phi) is 8.50. The molecule has 168 valence electrons. The van der Waals surface area contributed by atoms with Crippen LogP contribution in [0.3, 0.4) is 0 Å². The van der Waals surface area contributed by atoms with Gasteiger partial charge >= 0.3 is 0 Å². The number of Topliss-reactive ketones (excluding diaryl/α,β-unsaturated/α-hetero) is 2. The fourth-order valence-corrected chi connectivity index (χ4v) is 3.28. The molecular formula is C22H26N6O4. The first-order valence-corrected chi connectivity index (χ1v) is 10.6. The molecule has 2 N–H and O–H groups in total. The first kappa shape index (κ1) is 23.1. The lowest BCUT2D eigenvalue weighted by Crippen LogP contribution is -2.19. The van der Waals surface area contributed by atoms with Crippen LogP contribution in [0.4, 0.5) is 5.69 Å². The lowest BCUT2D eigenvalue weighted by Gasteiger charge is -2.07. The van der Waals surface area contributed by atoms with Gasteiger partial charge in [-0.15, -0.1) is 5.10 Å². The number of nitrogens with zero attached hydrogens (tertiary/aromatic N) is 5. The van der Waals surface area contributed by atoms with Crippen molar-refractivity contribution in [2.24, 2.45) is 0 Å². The van der Waals surface area contributed by atoms with Gasteiger partial charge in [-0.05, 0) is 25.0 Å². The molecule has 2 heterocycles. The number of amides is 1. The van der Waals surface area contributed by atoms with E-state index in [1.165, 1.54) is 10.9 Å². The van der Waals surface area contributed by atoms with Crippen molar-refractivity contribution < 1.29 is 19.5 Å². The van der Waals surface area contributed by atoms with Crippen molar-refractivity contribution >= 4 is 34.2 Å². The average molecular weight is 438 g/mol. The summed E-state index contributed by atoms with van der Waals surface area (Å²) in [5.74, 6) is -0.564. The Labute approximate surface area is 185 Å². The molecule has 0 unspecified atom stereocenters. The van der Waals surface area contributed by atoms with Crippen LogP contribution in [0.5, 0.6) is 0 Å². The third-order valence-electron chi connectivity index (χ3n) is 4.94. The van der Waals surface area contributed by atoms with Gasteiger partial charge in [0.05, 0.1) is 17.4 Å². The van der Waals surface area contributed by atoms with E-state index >= 15 is 0 Å². The van der Waals surface area contributed by atoms with Crippen molar-refractivity contribution in [3.05, 3.63) is 42.5 Å². The zero-order chi connectivity index (χ0) is 22.8. The number of carbonyl (C=O) groups excluding carboxylic acids is 3. The Bertz CT molecular complexity index is 1080. The molecule has 0 aliphatic carbocycles. The number of carbonyl (C=O) groups is 3. The van der Waals surface area contributed by atoms with Crippen molar-refractivity contribution in [3.8, 4) is 0 Å². The maximum Gasteiger partial charge on any atom is 0.246 e. The maximum absolute atomic E-state index is 12.4. The molecule has 3 rings (SSSR count). The van der Waals surface area contributed by atoms with Crippen molar-refractivity contribution in [2.45, 2.75) is 51.5 Å². The number of hydrogen-bond donors (Lipinski definition) is 2. The average Bonchev–Trinajstić information content (AvgIpc) is 3.26. The number of benzene rings is 1. The summed E-state index contributed by atoms with van der Waals surface area (Å²) < 4.78 is 1.33. The standard InChI is InChI=1S/C22H26N6O4/c29-15-16(30)7-4-2-1-3-5-10-20(31)19-13-28(27-26-19)14-21(32)25-18-9-6-8-17-22(18)24-12-11-23-17/h6,8-9,11-13,29H,1-5,7,10,14-15H2,(H,25,32). The maximum atomic E-state index is 12.4. The Hall–Kier alpha value is -3.53. The molecule has 32 heavy (non-hydrogen) atoms. The summed E-state index contributed by atoms with van der Waals surface area (Å²) in [6.45, 7) is -0.474. The van der Waals surface area contributed by atoms with Gasteiger partial charge in [0.25, 0.3) is 0 Å². The fourth-order valence-electron chi connectivity index (χ4n) is 3.28. The molecule has 0 radical (unpaired) electrons. The largest absolute Gasteiger partial charge is 0.389 e. The monoisotopic (exact) mass is 438 g/mol. The molecule has 2 aromatic heterocycles. The first-order valence-electron chi connectivity index (χ1n) is 10.6. The van der Waals surface area contributed by atoms with Crippen molar-refractivity contribution in [3.63, 3.8) is 0 Å². The summed E-state index contributed by atoms with van der Waals surface area (Å²) in [7, 11) is 0. The summed E-state index contributed by atoms with van der Waals surface area (Å²) in [5.41, 5.74) is 2.07. The highest BCUT2D eigenvalue weighted by molar-refractivity contribution is 5.99. The van der Waals surface area contributed by atoms with Gasteiger partial charge in [-0.3, -0.25) is 24.4 Å². The number of aromatic nitrogens is 5. The van der Waals surface area contributed by atoms with Crippen LogP contribution in [-0.4, -0.2) is 54.1 Å². The second kappa shape index (κ2) is 11.8. The first-order chi connectivity index (χ1) is 15.6. The summed E-state index contributed by atoms with van der Waals surface area (Å²) >= 11 is 0.